The van der Waals surface area contributed by atoms with Gasteiger partial charge in [-0.1, -0.05) is 32.0 Å². The van der Waals surface area contributed by atoms with Crippen molar-refractivity contribution in [2.75, 3.05) is 6.54 Å². The lowest BCUT2D eigenvalue weighted by molar-refractivity contribution is 0.0924. The highest BCUT2D eigenvalue weighted by Gasteiger charge is 2.58. The average molecular weight is 336 g/mol. The highest BCUT2D eigenvalue weighted by Crippen LogP contribution is 2.67. The van der Waals surface area contributed by atoms with Crippen molar-refractivity contribution in [1.82, 2.24) is 10.3 Å². The van der Waals surface area contributed by atoms with Gasteiger partial charge in [-0.15, -0.1) is 0 Å². The molecule has 0 radical (unpaired) electrons. The molecule has 4 heteroatoms. The van der Waals surface area contributed by atoms with Gasteiger partial charge >= 0.3 is 0 Å². The Hall–Kier alpha value is -2.49. The van der Waals surface area contributed by atoms with Gasteiger partial charge in [-0.25, -0.2) is 0 Å². The van der Waals surface area contributed by atoms with E-state index >= 15 is 0 Å². The summed E-state index contributed by atoms with van der Waals surface area (Å²) in [5, 5.41) is 4.30. The zero-order valence-corrected chi connectivity index (χ0v) is 14.9. The largest absolute Gasteiger partial charge is 0.459 e. The number of aromatic amines is 1. The minimum Gasteiger partial charge on any atom is -0.459 e. The molecule has 130 valence electrons. The molecule has 3 aromatic rings. The number of amides is 1. The van der Waals surface area contributed by atoms with Gasteiger partial charge < -0.3 is 14.7 Å². The fraction of sp³-hybridized carbons (Fsp3) is 0.381. The van der Waals surface area contributed by atoms with Crippen molar-refractivity contribution in [2.45, 2.75) is 33.1 Å². The van der Waals surface area contributed by atoms with Crippen LogP contribution < -0.4 is 5.32 Å². The third-order valence-electron chi connectivity index (χ3n) is 5.79. The molecule has 0 aliphatic heterocycles. The lowest BCUT2D eigenvalue weighted by Gasteiger charge is -2.04. The third-order valence-corrected chi connectivity index (χ3v) is 5.79. The monoisotopic (exact) mass is 336 g/mol. The standard InChI is InChI=1S/C21H24N2O2/c1-13-18(14-7-4-5-8-16(14)23-13)19-15(21(19,2)3)10-11-22-20(24)17-9-6-12-25-17/h4-9,12,15,19,23H,10-11H2,1-3H3,(H,22,24)/t15-,19+/m1/s1. The molecular formula is C21H24N2O2. The molecule has 2 heterocycles. The van der Waals surface area contributed by atoms with Gasteiger partial charge in [0.05, 0.1) is 6.26 Å². The van der Waals surface area contributed by atoms with E-state index in [2.05, 4.69) is 55.3 Å². The van der Waals surface area contributed by atoms with Crippen LogP contribution in [0.2, 0.25) is 0 Å². The van der Waals surface area contributed by atoms with Crippen molar-refractivity contribution in [3.63, 3.8) is 0 Å². The van der Waals surface area contributed by atoms with Crippen LogP contribution in [-0.2, 0) is 0 Å². The number of aromatic nitrogens is 1. The van der Waals surface area contributed by atoms with E-state index in [1.165, 1.54) is 28.4 Å². The van der Waals surface area contributed by atoms with E-state index in [0.717, 1.165) is 6.42 Å². The number of aryl methyl sites for hydroxylation is 1. The van der Waals surface area contributed by atoms with Crippen LogP contribution in [0, 0.1) is 18.3 Å². The van der Waals surface area contributed by atoms with Gasteiger partial charge in [0, 0.05) is 23.1 Å². The summed E-state index contributed by atoms with van der Waals surface area (Å²) in [7, 11) is 0. The van der Waals surface area contributed by atoms with E-state index in [1.54, 1.807) is 12.1 Å². The smallest absolute Gasteiger partial charge is 0.286 e. The topological polar surface area (TPSA) is 58.0 Å². The molecule has 1 aromatic carbocycles. The molecule has 1 aliphatic carbocycles. The second-order valence-corrected chi connectivity index (χ2v) is 7.64. The van der Waals surface area contributed by atoms with Gasteiger partial charge in [-0.05, 0) is 54.4 Å². The summed E-state index contributed by atoms with van der Waals surface area (Å²) in [5.74, 6) is 1.34. The maximum Gasteiger partial charge on any atom is 0.286 e. The first-order valence-corrected chi connectivity index (χ1v) is 8.89. The van der Waals surface area contributed by atoms with Crippen LogP contribution >= 0.6 is 0 Å². The number of furan rings is 1. The number of H-pyrrole nitrogens is 1. The van der Waals surface area contributed by atoms with Crippen LogP contribution in [0.3, 0.4) is 0 Å². The summed E-state index contributed by atoms with van der Waals surface area (Å²) in [6, 6.07) is 11.9. The molecule has 1 fully saturated rings. The van der Waals surface area contributed by atoms with Crippen molar-refractivity contribution < 1.29 is 9.21 Å². The number of carbonyl (C=O) groups excluding carboxylic acids is 1. The predicted octanol–water partition coefficient (Wildman–Crippen LogP) is 4.63. The number of hydrogen-bond acceptors (Lipinski definition) is 2. The highest BCUT2D eigenvalue weighted by atomic mass is 16.3. The maximum atomic E-state index is 12.0. The lowest BCUT2D eigenvalue weighted by atomic mass is 10.0. The molecule has 4 nitrogen and oxygen atoms in total. The summed E-state index contributed by atoms with van der Waals surface area (Å²) >= 11 is 0. The second-order valence-electron chi connectivity index (χ2n) is 7.64. The first kappa shape index (κ1) is 16.0. The normalized spacial score (nSPS) is 21.4. The molecule has 2 N–H and O–H groups in total. The van der Waals surface area contributed by atoms with Gasteiger partial charge in [0.15, 0.2) is 5.76 Å². The van der Waals surface area contributed by atoms with Crippen molar-refractivity contribution in [3.05, 3.63) is 59.7 Å². The molecule has 0 unspecified atom stereocenters. The second kappa shape index (κ2) is 5.80. The van der Waals surface area contributed by atoms with Crippen LogP contribution in [0.25, 0.3) is 10.9 Å². The van der Waals surface area contributed by atoms with Crippen molar-refractivity contribution in [2.24, 2.45) is 11.3 Å². The molecule has 1 aliphatic rings. The number of hydrogen-bond donors (Lipinski definition) is 2. The van der Waals surface area contributed by atoms with E-state index < -0.39 is 0 Å². The molecule has 4 rings (SSSR count). The Kier molecular flexibility index (Phi) is 3.71. The van der Waals surface area contributed by atoms with Gasteiger partial charge in [-0.2, -0.15) is 0 Å². The highest BCUT2D eigenvalue weighted by molar-refractivity contribution is 5.91. The molecule has 1 saturated carbocycles. The van der Waals surface area contributed by atoms with E-state index in [4.69, 9.17) is 4.42 Å². The van der Waals surface area contributed by atoms with Gasteiger partial charge in [0.2, 0.25) is 0 Å². The molecule has 1 amide bonds. The number of carbonyl (C=O) groups is 1. The van der Waals surface area contributed by atoms with Gasteiger partial charge in [0.1, 0.15) is 0 Å². The molecule has 0 saturated heterocycles. The quantitative estimate of drug-likeness (QED) is 0.714. The van der Waals surface area contributed by atoms with Crippen molar-refractivity contribution in [3.8, 4) is 0 Å². The maximum absolute atomic E-state index is 12.0. The minimum absolute atomic E-state index is 0.136. The fourth-order valence-electron chi connectivity index (χ4n) is 4.39. The zero-order valence-electron chi connectivity index (χ0n) is 14.9. The molecule has 2 atom stereocenters. The Morgan fingerprint density at radius 2 is 2.04 bits per heavy atom. The number of rotatable bonds is 5. The third kappa shape index (κ3) is 2.66. The summed E-state index contributed by atoms with van der Waals surface area (Å²) in [4.78, 5) is 15.5. The fourth-order valence-corrected chi connectivity index (χ4v) is 4.39. The van der Waals surface area contributed by atoms with Crippen LogP contribution in [0.5, 0.6) is 0 Å². The van der Waals surface area contributed by atoms with Crippen molar-refractivity contribution >= 4 is 16.8 Å². The summed E-state index contributed by atoms with van der Waals surface area (Å²) < 4.78 is 5.14. The van der Waals surface area contributed by atoms with Gasteiger partial charge in [0.25, 0.3) is 5.91 Å². The van der Waals surface area contributed by atoms with E-state index in [9.17, 15) is 4.79 Å². The first-order chi connectivity index (χ1) is 12.0. The number of para-hydroxylation sites is 1. The van der Waals surface area contributed by atoms with E-state index in [0.29, 0.717) is 24.1 Å². The average Bonchev–Trinajstić information content (AvgIpc) is 3.00. The van der Waals surface area contributed by atoms with Crippen LogP contribution in [-0.4, -0.2) is 17.4 Å². The number of benzene rings is 1. The summed E-state index contributed by atoms with van der Waals surface area (Å²) in [5.41, 5.74) is 4.18. The Morgan fingerprint density at radius 1 is 1.24 bits per heavy atom. The van der Waals surface area contributed by atoms with E-state index in [-0.39, 0.29) is 11.3 Å². The first-order valence-electron chi connectivity index (χ1n) is 8.89. The molecule has 2 aromatic heterocycles. The molecule has 0 bridgehead atoms. The van der Waals surface area contributed by atoms with Gasteiger partial charge in [-0.3, -0.25) is 4.79 Å². The van der Waals surface area contributed by atoms with Crippen molar-refractivity contribution in [1.29, 1.82) is 0 Å². The minimum atomic E-state index is -0.136. The zero-order chi connectivity index (χ0) is 17.6. The van der Waals surface area contributed by atoms with Crippen LogP contribution in [0.15, 0.2) is 47.1 Å². The van der Waals surface area contributed by atoms with E-state index in [1.807, 2.05) is 0 Å². The number of nitrogens with one attached hydrogen (secondary N) is 2. The number of fused-ring (bicyclic) bond motifs is 1. The summed E-state index contributed by atoms with van der Waals surface area (Å²) in [6.07, 6.45) is 2.50. The predicted molar refractivity (Wildman–Crippen MR) is 98.7 cm³/mol. The Morgan fingerprint density at radius 3 is 2.80 bits per heavy atom. The summed E-state index contributed by atoms with van der Waals surface area (Å²) in [6.45, 7) is 7.50. The Bertz CT molecular complexity index is 905. The lowest BCUT2D eigenvalue weighted by Crippen LogP contribution is -2.24. The Labute approximate surface area is 147 Å². The molecular weight excluding hydrogens is 312 g/mol. The van der Waals surface area contributed by atoms with Crippen LogP contribution in [0.1, 0.15) is 48.0 Å². The molecule has 25 heavy (non-hydrogen) atoms. The SMILES string of the molecule is Cc1[nH]c2ccccc2c1[C@@H]1[C@@H](CCNC(=O)c2ccco2)C1(C)C. The Balaban J connectivity index is 1.47. The molecule has 0 spiro atoms. The van der Waals surface area contributed by atoms with Crippen LogP contribution in [0.4, 0.5) is 0 Å².